The number of Topliss-reactive ketones (excluding diaryl/α,β-unsaturated/α-hetero) is 1. The van der Waals surface area contributed by atoms with Crippen molar-refractivity contribution in [3.05, 3.63) is 0 Å². The Hall–Kier alpha value is -0.490. The van der Waals surface area contributed by atoms with Crippen molar-refractivity contribution in [2.24, 2.45) is 17.8 Å². The lowest BCUT2D eigenvalue weighted by atomic mass is 9.71. The van der Waals surface area contributed by atoms with Gasteiger partial charge in [-0.25, -0.2) is 0 Å². The van der Waals surface area contributed by atoms with Gasteiger partial charge >= 0.3 is 0 Å². The maximum absolute atomic E-state index is 12.3. The van der Waals surface area contributed by atoms with E-state index in [1.165, 1.54) is 0 Å². The van der Waals surface area contributed by atoms with E-state index in [1.807, 2.05) is 13.8 Å². The SMILES string of the molecule is CC(C)CC(=O)[C@]1(O)O[C@H]2[C@H](CC[C@](C)(O)[C@@H]2O)[C@H]1C. The van der Waals surface area contributed by atoms with Gasteiger partial charge in [0.15, 0.2) is 5.78 Å². The van der Waals surface area contributed by atoms with Gasteiger partial charge in [-0.3, -0.25) is 4.79 Å². The highest BCUT2D eigenvalue weighted by Crippen LogP contribution is 2.49. The van der Waals surface area contributed by atoms with Gasteiger partial charge in [-0.2, -0.15) is 0 Å². The molecule has 2 rings (SSSR count). The lowest BCUT2D eigenvalue weighted by molar-refractivity contribution is -0.233. The summed E-state index contributed by atoms with van der Waals surface area (Å²) < 4.78 is 5.57. The van der Waals surface area contributed by atoms with E-state index in [4.69, 9.17) is 4.74 Å². The predicted octanol–water partition coefficient (Wildman–Crippen LogP) is 0.847. The van der Waals surface area contributed by atoms with Crippen LogP contribution >= 0.6 is 0 Å². The zero-order valence-corrected chi connectivity index (χ0v) is 12.7. The number of hydrogen-bond donors (Lipinski definition) is 3. The number of aliphatic hydroxyl groups excluding tert-OH is 1. The smallest absolute Gasteiger partial charge is 0.229 e. The van der Waals surface area contributed by atoms with Crippen molar-refractivity contribution in [2.75, 3.05) is 0 Å². The lowest BCUT2D eigenvalue weighted by Gasteiger charge is -2.40. The van der Waals surface area contributed by atoms with Crippen molar-refractivity contribution >= 4 is 5.78 Å². The number of ketones is 1. The third-order valence-electron chi connectivity index (χ3n) is 4.92. The summed E-state index contributed by atoms with van der Waals surface area (Å²) in [6.07, 6.45) is -0.448. The molecular formula is C15H26O5. The maximum Gasteiger partial charge on any atom is 0.229 e. The molecule has 5 heteroatoms. The molecule has 0 radical (unpaired) electrons. The zero-order valence-electron chi connectivity index (χ0n) is 12.7. The molecule has 1 saturated heterocycles. The van der Waals surface area contributed by atoms with Crippen molar-refractivity contribution in [1.82, 2.24) is 0 Å². The summed E-state index contributed by atoms with van der Waals surface area (Å²) in [4.78, 5) is 12.3. The van der Waals surface area contributed by atoms with E-state index in [0.717, 1.165) is 0 Å². The molecule has 5 nitrogen and oxygen atoms in total. The molecule has 0 spiro atoms. The van der Waals surface area contributed by atoms with Crippen LogP contribution in [-0.2, 0) is 9.53 Å². The zero-order chi connectivity index (χ0) is 15.3. The van der Waals surface area contributed by atoms with Crippen LogP contribution in [0.4, 0.5) is 0 Å². The summed E-state index contributed by atoms with van der Waals surface area (Å²) in [5.74, 6) is -2.50. The highest BCUT2D eigenvalue weighted by atomic mass is 16.6. The third kappa shape index (κ3) is 2.41. The van der Waals surface area contributed by atoms with E-state index >= 15 is 0 Å². The molecule has 1 aliphatic carbocycles. The Morgan fingerprint density at radius 1 is 1.40 bits per heavy atom. The summed E-state index contributed by atoms with van der Waals surface area (Å²) in [6.45, 7) is 7.17. The van der Waals surface area contributed by atoms with E-state index in [0.29, 0.717) is 12.8 Å². The van der Waals surface area contributed by atoms with Gasteiger partial charge in [0.05, 0.1) is 11.7 Å². The molecule has 6 atom stereocenters. The van der Waals surface area contributed by atoms with Crippen LogP contribution in [-0.4, -0.2) is 44.7 Å². The summed E-state index contributed by atoms with van der Waals surface area (Å²) in [5.41, 5.74) is -1.23. The van der Waals surface area contributed by atoms with Crippen LogP contribution in [0.3, 0.4) is 0 Å². The van der Waals surface area contributed by atoms with Crippen LogP contribution in [0.1, 0.15) is 47.0 Å². The highest BCUT2D eigenvalue weighted by molar-refractivity contribution is 5.86. The molecule has 1 heterocycles. The summed E-state index contributed by atoms with van der Waals surface area (Å²) in [6, 6.07) is 0. The first kappa shape index (κ1) is 15.9. The molecule has 0 amide bonds. The van der Waals surface area contributed by atoms with Gasteiger partial charge in [-0.15, -0.1) is 0 Å². The maximum atomic E-state index is 12.3. The second-order valence-corrected chi connectivity index (χ2v) is 7.09. The first-order valence-electron chi connectivity index (χ1n) is 7.43. The van der Waals surface area contributed by atoms with Gasteiger partial charge in [0, 0.05) is 12.3 Å². The molecule has 20 heavy (non-hydrogen) atoms. The van der Waals surface area contributed by atoms with Crippen LogP contribution < -0.4 is 0 Å². The minimum atomic E-state index is -1.83. The largest absolute Gasteiger partial charge is 0.387 e. The molecular weight excluding hydrogens is 260 g/mol. The number of rotatable bonds is 3. The Morgan fingerprint density at radius 2 is 2.00 bits per heavy atom. The Morgan fingerprint density at radius 3 is 2.55 bits per heavy atom. The fourth-order valence-electron chi connectivity index (χ4n) is 3.49. The number of fused-ring (bicyclic) bond motifs is 1. The Balaban J connectivity index is 2.22. The van der Waals surface area contributed by atoms with Gasteiger partial charge in [-0.05, 0) is 31.6 Å². The van der Waals surface area contributed by atoms with Crippen LogP contribution in [0.5, 0.6) is 0 Å². The van der Waals surface area contributed by atoms with E-state index < -0.39 is 23.6 Å². The van der Waals surface area contributed by atoms with E-state index in [2.05, 4.69) is 0 Å². The molecule has 0 aromatic carbocycles. The number of aliphatic hydroxyl groups is 3. The van der Waals surface area contributed by atoms with Crippen molar-refractivity contribution < 1.29 is 24.9 Å². The second-order valence-electron chi connectivity index (χ2n) is 7.09. The highest BCUT2D eigenvalue weighted by Gasteiger charge is 2.61. The normalized spacial score (nSPS) is 48.4. The van der Waals surface area contributed by atoms with Gasteiger partial charge in [-0.1, -0.05) is 20.8 Å². The topological polar surface area (TPSA) is 87.0 Å². The number of carbonyl (C=O) groups is 1. The predicted molar refractivity (Wildman–Crippen MR) is 72.8 cm³/mol. The molecule has 1 aliphatic heterocycles. The van der Waals surface area contributed by atoms with Crippen molar-refractivity contribution in [3.8, 4) is 0 Å². The van der Waals surface area contributed by atoms with Gasteiger partial charge in [0.25, 0.3) is 0 Å². The Labute approximate surface area is 119 Å². The van der Waals surface area contributed by atoms with E-state index in [9.17, 15) is 20.1 Å². The minimum absolute atomic E-state index is 0.105. The molecule has 1 saturated carbocycles. The Kier molecular flexibility index (Phi) is 4.02. The van der Waals surface area contributed by atoms with Crippen LogP contribution in [0, 0.1) is 17.8 Å². The summed E-state index contributed by atoms with van der Waals surface area (Å²) >= 11 is 0. The van der Waals surface area contributed by atoms with E-state index in [1.54, 1.807) is 13.8 Å². The minimum Gasteiger partial charge on any atom is -0.387 e. The summed E-state index contributed by atoms with van der Waals surface area (Å²) in [7, 11) is 0. The fraction of sp³-hybridized carbons (Fsp3) is 0.933. The quantitative estimate of drug-likeness (QED) is 0.716. The molecule has 3 N–H and O–H groups in total. The molecule has 0 aromatic heterocycles. The molecule has 2 aliphatic rings. The molecule has 0 aromatic rings. The first-order chi connectivity index (χ1) is 9.09. The lowest BCUT2D eigenvalue weighted by Crippen LogP contribution is -2.53. The number of hydrogen-bond acceptors (Lipinski definition) is 5. The fourth-order valence-corrected chi connectivity index (χ4v) is 3.49. The van der Waals surface area contributed by atoms with Gasteiger partial charge in [0.1, 0.15) is 6.10 Å². The van der Waals surface area contributed by atoms with Crippen molar-refractivity contribution in [2.45, 2.75) is 70.6 Å². The van der Waals surface area contributed by atoms with Gasteiger partial charge < -0.3 is 20.1 Å². The van der Waals surface area contributed by atoms with Gasteiger partial charge in [0.2, 0.25) is 5.79 Å². The Bertz CT molecular complexity index is 392. The number of carbonyl (C=O) groups excluding carboxylic acids is 1. The molecule has 2 fully saturated rings. The molecule has 0 bridgehead atoms. The summed E-state index contributed by atoms with van der Waals surface area (Å²) in [5, 5.41) is 31.0. The van der Waals surface area contributed by atoms with Crippen LogP contribution in [0.2, 0.25) is 0 Å². The van der Waals surface area contributed by atoms with Crippen LogP contribution in [0.25, 0.3) is 0 Å². The molecule has 116 valence electrons. The average Bonchev–Trinajstić information content (AvgIpc) is 2.59. The second kappa shape index (κ2) is 5.05. The number of ether oxygens (including phenoxy) is 1. The first-order valence-corrected chi connectivity index (χ1v) is 7.43. The molecule has 0 unspecified atom stereocenters. The monoisotopic (exact) mass is 286 g/mol. The van der Waals surface area contributed by atoms with Crippen molar-refractivity contribution in [3.63, 3.8) is 0 Å². The average molecular weight is 286 g/mol. The third-order valence-corrected chi connectivity index (χ3v) is 4.92. The van der Waals surface area contributed by atoms with Crippen LogP contribution in [0.15, 0.2) is 0 Å². The standard InChI is InChI=1S/C15H26O5/c1-8(2)7-11(16)15(19)9(3)10-5-6-14(4,18)13(17)12(10)20-15/h8-10,12-13,17-19H,5-7H2,1-4H3/t9-,10-,12+,13-,14+,15-/m1/s1. The van der Waals surface area contributed by atoms with Crippen molar-refractivity contribution in [1.29, 1.82) is 0 Å². The van der Waals surface area contributed by atoms with E-state index in [-0.39, 0.29) is 30.0 Å².